The summed E-state index contributed by atoms with van der Waals surface area (Å²) in [6.07, 6.45) is 0.859. The molecule has 32 heavy (non-hydrogen) atoms. The van der Waals surface area contributed by atoms with Crippen LogP contribution in [0.3, 0.4) is 0 Å². The number of amides is 3. The monoisotopic (exact) mass is 460 g/mol. The fourth-order valence-electron chi connectivity index (χ4n) is 2.59. The maximum absolute atomic E-state index is 12.5. The number of nitrogens with zero attached hydrogens (tertiary/aromatic N) is 1. The van der Waals surface area contributed by atoms with Gasteiger partial charge < -0.3 is 49.1 Å². The second-order valence-electron chi connectivity index (χ2n) is 7.24. The summed E-state index contributed by atoms with van der Waals surface area (Å²) in [5.41, 5.74) is 21.8. The Bertz CT molecular complexity index is 653. The van der Waals surface area contributed by atoms with Crippen molar-refractivity contribution < 1.29 is 29.4 Å². The number of nitrogens with two attached hydrogens (primary N) is 4. The maximum Gasteiger partial charge on any atom is 0.328 e. The van der Waals surface area contributed by atoms with Gasteiger partial charge in [0.05, 0.1) is 18.7 Å². The molecule has 0 aliphatic rings. The second-order valence-corrected chi connectivity index (χ2v) is 7.24. The summed E-state index contributed by atoms with van der Waals surface area (Å²) in [5.74, 6) is -3.48. The molecule has 0 aromatic rings. The lowest BCUT2D eigenvalue weighted by atomic mass is 10.1. The summed E-state index contributed by atoms with van der Waals surface area (Å²) < 4.78 is 0. The first kappa shape index (κ1) is 29.0. The Kier molecular flexibility index (Phi) is 14.3. The smallest absolute Gasteiger partial charge is 0.328 e. The van der Waals surface area contributed by atoms with Gasteiger partial charge in [-0.15, -0.1) is 0 Å². The van der Waals surface area contributed by atoms with Crippen LogP contribution in [-0.4, -0.2) is 83.7 Å². The number of unbranched alkanes of at least 4 members (excludes halogenated alkanes) is 1. The van der Waals surface area contributed by atoms with E-state index >= 15 is 0 Å². The number of guanidine groups is 1. The number of aliphatic imine (C=N–C) groups is 1. The number of nitrogens with one attached hydrogen (secondary N) is 3. The number of rotatable bonds is 16. The van der Waals surface area contributed by atoms with Crippen LogP contribution in [-0.2, 0) is 19.2 Å². The molecule has 184 valence electrons. The first-order valence-electron chi connectivity index (χ1n) is 10.3. The van der Waals surface area contributed by atoms with Gasteiger partial charge in [0, 0.05) is 6.54 Å². The van der Waals surface area contributed by atoms with Gasteiger partial charge in [0.1, 0.15) is 6.04 Å². The average Bonchev–Trinajstić information content (AvgIpc) is 2.71. The van der Waals surface area contributed by atoms with Crippen molar-refractivity contribution in [1.29, 1.82) is 0 Å². The Morgan fingerprint density at radius 1 is 1.00 bits per heavy atom. The lowest BCUT2D eigenvalue weighted by Crippen LogP contribution is -2.54. The van der Waals surface area contributed by atoms with Gasteiger partial charge in [-0.05, 0) is 45.6 Å². The van der Waals surface area contributed by atoms with E-state index in [-0.39, 0.29) is 18.8 Å². The highest BCUT2D eigenvalue weighted by Crippen LogP contribution is 2.03. The third-order valence-electron chi connectivity index (χ3n) is 4.37. The number of aliphatic hydroxyl groups is 1. The summed E-state index contributed by atoms with van der Waals surface area (Å²) in [6.45, 7) is 1.39. The van der Waals surface area contributed by atoms with Crippen LogP contribution in [0, 0.1) is 0 Å². The van der Waals surface area contributed by atoms with Gasteiger partial charge in [-0.2, -0.15) is 0 Å². The van der Waals surface area contributed by atoms with E-state index < -0.39 is 54.5 Å². The van der Waals surface area contributed by atoms with Gasteiger partial charge in [-0.25, -0.2) is 4.79 Å². The summed E-state index contributed by atoms with van der Waals surface area (Å²) >= 11 is 0. The molecule has 0 aliphatic heterocycles. The van der Waals surface area contributed by atoms with Gasteiger partial charge in [0.25, 0.3) is 0 Å². The topological polar surface area (TPSA) is 261 Å². The van der Waals surface area contributed by atoms with E-state index in [0.717, 1.165) is 0 Å². The van der Waals surface area contributed by atoms with E-state index in [1.807, 2.05) is 0 Å². The van der Waals surface area contributed by atoms with Crippen molar-refractivity contribution in [2.45, 2.75) is 63.3 Å². The molecule has 0 aromatic heterocycles. The fourth-order valence-corrected chi connectivity index (χ4v) is 2.59. The minimum absolute atomic E-state index is 0.0631. The summed E-state index contributed by atoms with van der Waals surface area (Å²) in [7, 11) is 0. The molecule has 4 unspecified atom stereocenters. The highest BCUT2D eigenvalue weighted by molar-refractivity contribution is 5.92. The normalized spacial score (nSPS) is 14.4. The molecular weight excluding hydrogens is 424 g/mol. The standard InChI is InChI=1S/C18H36N8O6/c1-10(27)14(17(31)32)26-13(28)9-24-16(30)12(6-2-3-7-19)25-15(29)11(20)5-4-8-23-18(21)22/h10-12,14,27H,2-9,19-20H2,1H3,(H,24,30)(H,25,29)(H,26,28)(H,31,32)(H4,21,22,23). The SMILES string of the molecule is CC(O)C(NC(=O)CNC(=O)C(CCCCN)NC(=O)C(N)CCCN=C(N)N)C(=O)O. The van der Waals surface area contributed by atoms with E-state index in [1.165, 1.54) is 6.92 Å². The number of hydrogen-bond donors (Lipinski definition) is 9. The second kappa shape index (κ2) is 15.8. The van der Waals surface area contributed by atoms with Gasteiger partial charge in [0.2, 0.25) is 17.7 Å². The molecule has 4 atom stereocenters. The van der Waals surface area contributed by atoms with Crippen LogP contribution in [0.15, 0.2) is 4.99 Å². The van der Waals surface area contributed by atoms with Crippen LogP contribution in [0.2, 0.25) is 0 Å². The number of aliphatic carboxylic acids is 1. The first-order chi connectivity index (χ1) is 15.0. The molecule has 14 nitrogen and oxygen atoms in total. The van der Waals surface area contributed by atoms with E-state index in [1.54, 1.807) is 0 Å². The van der Waals surface area contributed by atoms with E-state index in [2.05, 4.69) is 20.9 Å². The Labute approximate surface area is 186 Å². The van der Waals surface area contributed by atoms with E-state index in [0.29, 0.717) is 32.4 Å². The van der Waals surface area contributed by atoms with Crippen molar-refractivity contribution >= 4 is 29.7 Å². The van der Waals surface area contributed by atoms with Crippen molar-refractivity contribution in [3.63, 3.8) is 0 Å². The Morgan fingerprint density at radius 3 is 2.19 bits per heavy atom. The molecule has 0 bridgehead atoms. The molecular formula is C18H36N8O6. The molecule has 14 heteroatoms. The lowest BCUT2D eigenvalue weighted by molar-refractivity contribution is -0.144. The maximum atomic E-state index is 12.5. The number of carboxylic acids is 1. The van der Waals surface area contributed by atoms with Crippen molar-refractivity contribution in [3.05, 3.63) is 0 Å². The summed E-state index contributed by atoms with van der Waals surface area (Å²) in [5, 5.41) is 25.4. The number of carboxylic acid groups (broad SMARTS) is 1. The Balaban J connectivity index is 4.82. The lowest BCUT2D eigenvalue weighted by Gasteiger charge is -2.21. The predicted octanol–water partition coefficient (Wildman–Crippen LogP) is -3.95. The number of carbonyl (C=O) groups is 4. The third-order valence-corrected chi connectivity index (χ3v) is 4.37. The van der Waals surface area contributed by atoms with Crippen LogP contribution in [0.4, 0.5) is 0 Å². The van der Waals surface area contributed by atoms with Crippen LogP contribution in [0.5, 0.6) is 0 Å². The van der Waals surface area contributed by atoms with Gasteiger partial charge in [-0.1, -0.05) is 0 Å². The number of hydrogen-bond acceptors (Lipinski definition) is 8. The van der Waals surface area contributed by atoms with Crippen molar-refractivity contribution in [2.24, 2.45) is 27.9 Å². The van der Waals surface area contributed by atoms with Crippen molar-refractivity contribution in [1.82, 2.24) is 16.0 Å². The third kappa shape index (κ3) is 12.7. The summed E-state index contributed by atoms with van der Waals surface area (Å²) in [6, 6.07) is -3.37. The molecule has 0 saturated carbocycles. The van der Waals surface area contributed by atoms with Gasteiger partial charge >= 0.3 is 5.97 Å². The Morgan fingerprint density at radius 2 is 1.66 bits per heavy atom. The summed E-state index contributed by atoms with van der Waals surface area (Å²) in [4.78, 5) is 51.6. The molecule has 0 fully saturated rings. The van der Waals surface area contributed by atoms with Crippen LogP contribution in [0.1, 0.15) is 39.0 Å². The molecule has 3 amide bonds. The fraction of sp³-hybridized carbons (Fsp3) is 0.722. The Hall–Kier alpha value is -2.97. The molecule has 13 N–H and O–H groups in total. The van der Waals surface area contributed by atoms with Crippen molar-refractivity contribution in [2.75, 3.05) is 19.6 Å². The predicted molar refractivity (Wildman–Crippen MR) is 117 cm³/mol. The van der Waals surface area contributed by atoms with Crippen LogP contribution in [0.25, 0.3) is 0 Å². The van der Waals surface area contributed by atoms with E-state index in [4.69, 9.17) is 28.0 Å². The zero-order valence-electron chi connectivity index (χ0n) is 18.3. The first-order valence-corrected chi connectivity index (χ1v) is 10.3. The highest BCUT2D eigenvalue weighted by atomic mass is 16.4. The molecule has 0 aliphatic carbocycles. The minimum atomic E-state index is -1.52. The molecule has 0 saturated heterocycles. The molecule has 0 aromatic carbocycles. The quantitative estimate of drug-likeness (QED) is 0.0612. The zero-order chi connectivity index (χ0) is 24.7. The van der Waals surface area contributed by atoms with Gasteiger partial charge in [-0.3, -0.25) is 19.4 Å². The number of aliphatic hydroxyl groups excluding tert-OH is 1. The zero-order valence-corrected chi connectivity index (χ0v) is 18.3. The average molecular weight is 461 g/mol. The molecule has 0 rings (SSSR count). The minimum Gasteiger partial charge on any atom is -0.480 e. The molecule has 0 radical (unpaired) electrons. The number of carbonyl (C=O) groups excluding carboxylic acids is 3. The molecule has 0 spiro atoms. The largest absolute Gasteiger partial charge is 0.480 e. The van der Waals surface area contributed by atoms with Crippen LogP contribution >= 0.6 is 0 Å². The van der Waals surface area contributed by atoms with Crippen molar-refractivity contribution in [3.8, 4) is 0 Å². The van der Waals surface area contributed by atoms with Crippen LogP contribution < -0.4 is 38.9 Å². The van der Waals surface area contributed by atoms with Gasteiger partial charge in [0.15, 0.2) is 12.0 Å². The highest BCUT2D eigenvalue weighted by Gasteiger charge is 2.26. The van der Waals surface area contributed by atoms with E-state index in [9.17, 15) is 24.3 Å². The molecule has 0 heterocycles.